The van der Waals surface area contributed by atoms with E-state index in [-0.39, 0.29) is 4.90 Å². The van der Waals surface area contributed by atoms with Crippen LogP contribution in [0.1, 0.15) is 18.9 Å². The predicted molar refractivity (Wildman–Crippen MR) is 66.5 cm³/mol. The monoisotopic (exact) mass is 272 g/mol. The average Bonchev–Trinajstić information content (AvgIpc) is 2.23. The topological polar surface area (TPSA) is 112 Å². The maximum Gasteiger partial charge on any atom is 0.258 e. The predicted octanol–water partition coefficient (Wildman–Crippen LogP) is 0.285. The molecule has 0 aliphatic carbocycles. The van der Waals surface area contributed by atoms with Gasteiger partial charge >= 0.3 is 0 Å². The Bertz CT molecular complexity index is 554. The number of primary sulfonamides is 1. The number of hydrogen-bond acceptors (Lipinski definition) is 4. The SMILES string of the molecule is CCC(Oc1ccc(S(N)(=O)=O)c(C)c1)C(N)=O. The number of aryl methyl sites for hydroxylation is 1. The molecule has 0 fully saturated rings. The van der Waals surface area contributed by atoms with Crippen LogP contribution in [0.15, 0.2) is 23.1 Å². The van der Waals surface area contributed by atoms with Gasteiger partial charge in [0.25, 0.3) is 5.91 Å². The number of amides is 1. The maximum absolute atomic E-state index is 11.2. The highest BCUT2D eigenvalue weighted by molar-refractivity contribution is 7.89. The summed E-state index contributed by atoms with van der Waals surface area (Å²) in [6.45, 7) is 3.36. The second kappa shape index (κ2) is 5.36. The van der Waals surface area contributed by atoms with Crippen LogP contribution in [0.5, 0.6) is 5.75 Å². The van der Waals surface area contributed by atoms with Crippen molar-refractivity contribution in [2.24, 2.45) is 10.9 Å². The first-order chi connectivity index (χ1) is 8.25. The number of sulfonamides is 1. The van der Waals surface area contributed by atoms with E-state index < -0.39 is 22.0 Å². The summed E-state index contributed by atoms with van der Waals surface area (Å²) in [5, 5.41) is 5.04. The maximum atomic E-state index is 11.2. The third-order valence-corrected chi connectivity index (χ3v) is 3.49. The van der Waals surface area contributed by atoms with Crippen LogP contribution in [0.3, 0.4) is 0 Å². The largest absolute Gasteiger partial charge is 0.481 e. The van der Waals surface area contributed by atoms with Crippen molar-refractivity contribution in [2.45, 2.75) is 31.3 Å². The van der Waals surface area contributed by atoms with Gasteiger partial charge in [-0.3, -0.25) is 4.79 Å². The van der Waals surface area contributed by atoms with Crippen LogP contribution in [-0.4, -0.2) is 20.4 Å². The lowest BCUT2D eigenvalue weighted by Crippen LogP contribution is -2.33. The molecule has 4 N–H and O–H groups in total. The van der Waals surface area contributed by atoms with Crippen LogP contribution in [0.4, 0.5) is 0 Å². The molecule has 1 aromatic rings. The first kappa shape index (κ1) is 14.5. The molecule has 0 heterocycles. The Kier molecular flexibility index (Phi) is 4.31. The third-order valence-electron chi connectivity index (χ3n) is 2.42. The molecule has 0 saturated heterocycles. The Morgan fingerprint density at radius 2 is 2.06 bits per heavy atom. The number of carbonyl (C=O) groups is 1. The van der Waals surface area contributed by atoms with Crippen molar-refractivity contribution in [2.75, 3.05) is 0 Å². The fourth-order valence-electron chi connectivity index (χ4n) is 1.52. The van der Waals surface area contributed by atoms with E-state index in [4.69, 9.17) is 15.6 Å². The fraction of sp³-hybridized carbons (Fsp3) is 0.364. The molecule has 1 aromatic carbocycles. The summed E-state index contributed by atoms with van der Waals surface area (Å²) in [5.74, 6) is -0.184. The number of primary amides is 1. The Balaban J connectivity index is 3.02. The Hall–Kier alpha value is -1.60. The van der Waals surface area contributed by atoms with Crippen LogP contribution in [0.25, 0.3) is 0 Å². The van der Waals surface area contributed by atoms with Gasteiger partial charge in [0.1, 0.15) is 5.75 Å². The molecule has 0 saturated carbocycles. The zero-order valence-corrected chi connectivity index (χ0v) is 11.0. The fourth-order valence-corrected chi connectivity index (χ4v) is 2.29. The zero-order chi connectivity index (χ0) is 13.9. The van der Waals surface area contributed by atoms with Gasteiger partial charge in [0, 0.05) is 0 Å². The first-order valence-corrected chi connectivity index (χ1v) is 6.89. The lowest BCUT2D eigenvalue weighted by atomic mass is 10.2. The van der Waals surface area contributed by atoms with Gasteiger partial charge < -0.3 is 10.5 Å². The van der Waals surface area contributed by atoms with Crippen LogP contribution in [-0.2, 0) is 14.8 Å². The van der Waals surface area contributed by atoms with E-state index in [0.29, 0.717) is 17.7 Å². The molecule has 1 unspecified atom stereocenters. The third kappa shape index (κ3) is 3.44. The second-order valence-electron chi connectivity index (χ2n) is 3.89. The van der Waals surface area contributed by atoms with E-state index in [2.05, 4.69) is 0 Å². The Labute approximate surface area is 106 Å². The van der Waals surface area contributed by atoms with Gasteiger partial charge in [0.2, 0.25) is 10.0 Å². The molecular weight excluding hydrogens is 256 g/mol. The van der Waals surface area contributed by atoms with Crippen molar-refractivity contribution in [3.63, 3.8) is 0 Å². The number of carbonyl (C=O) groups excluding carboxylic acids is 1. The quantitative estimate of drug-likeness (QED) is 0.801. The number of nitrogens with two attached hydrogens (primary N) is 2. The van der Waals surface area contributed by atoms with Gasteiger partial charge in [0.15, 0.2) is 6.10 Å². The van der Waals surface area contributed by atoms with Crippen molar-refractivity contribution in [1.29, 1.82) is 0 Å². The van der Waals surface area contributed by atoms with E-state index >= 15 is 0 Å². The van der Waals surface area contributed by atoms with Gasteiger partial charge in [-0.25, -0.2) is 13.6 Å². The van der Waals surface area contributed by atoms with Crippen molar-refractivity contribution < 1.29 is 17.9 Å². The zero-order valence-electron chi connectivity index (χ0n) is 10.2. The molecule has 18 heavy (non-hydrogen) atoms. The van der Waals surface area contributed by atoms with E-state index in [1.807, 2.05) is 0 Å². The minimum atomic E-state index is -3.75. The van der Waals surface area contributed by atoms with Crippen molar-refractivity contribution in [3.8, 4) is 5.75 Å². The van der Waals surface area contributed by atoms with Gasteiger partial charge in [-0.2, -0.15) is 0 Å². The molecule has 1 amide bonds. The number of hydrogen-bond donors (Lipinski definition) is 2. The van der Waals surface area contributed by atoms with Crippen LogP contribution in [0, 0.1) is 6.92 Å². The van der Waals surface area contributed by atoms with Crippen LogP contribution < -0.4 is 15.6 Å². The van der Waals surface area contributed by atoms with E-state index in [0.717, 1.165) is 0 Å². The summed E-state index contributed by atoms with van der Waals surface area (Å²) in [6.07, 6.45) is -0.296. The van der Waals surface area contributed by atoms with Crippen molar-refractivity contribution in [1.82, 2.24) is 0 Å². The highest BCUT2D eigenvalue weighted by Crippen LogP contribution is 2.21. The van der Waals surface area contributed by atoms with E-state index in [1.165, 1.54) is 18.2 Å². The lowest BCUT2D eigenvalue weighted by Gasteiger charge is -2.15. The summed E-state index contributed by atoms with van der Waals surface area (Å²) in [6, 6.07) is 4.29. The highest BCUT2D eigenvalue weighted by Gasteiger charge is 2.16. The minimum Gasteiger partial charge on any atom is -0.481 e. The molecular formula is C11H16N2O4S. The summed E-state index contributed by atoms with van der Waals surface area (Å²) < 4.78 is 27.8. The number of ether oxygens (including phenoxy) is 1. The van der Waals surface area contributed by atoms with Crippen LogP contribution in [0.2, 0.25) is 0 Å². The highest BCUT2D eigenvalue weighted by atomic mass is 32.2. The first-order valence-electron chi connectivity index (χ1n) is 5.35. The van der Waals surface area contributed by atoms with Crippen molar-refractivity contribution in [3.05, 3.63) is 23.8 Å². The van der Waals surface area contributed by atoms with Gasteiger partial charge in [-0.15, -0.1) is 0 Å². The van der Waals surface area contributed by atoms with E-state index in [1.54, 1.807) is 13.8 Å². The van der Waals surface area contributed by atoms with Gasteiger partial charge in [0.05, 0.1) is 4.90 Å². The second-order valence-corrected chi connectivity index (χ2v) is 5.42. The molecule has 1 rings (SSSR count). The molecule has 6 nitrogen and oxygen atoms in total. The molecule has 100 valence electrons. The Morgan fingerprint density at radius 1 is 1.44 bits per heavy atom. The summed E-state index contributed by atoms with van der Waals surface area (Å²) in [4.78, 5) is 11.1. The molecule has 0 aliphatic rings. The number of rotatable bonds is 5. The summed E-state index contributed by atoms with van der Waals surface area (Å²) in [5.41, 5.74) is 5.61. The molecule has 0 radical (unpaired) electrons. The lowest BCUT2D eigenvalue weighted by molar-refractivity contribution is -0.124. The van der Waals surface area contributed by atoms with Gasteiger partial charge in [-0.05, 0) is 37.1 Å². The van der Waals surface area contributed by atoms with E-state index in [9.17, 15) is 13.2 Å². The smallest absolute Gasteiger partial charge is 0.258 e. The standard InChI is InChI=1S/C11H16N2O4S/c1-3-9(11(12)14)17-8-4-5-10(7(2)6-8)18(13,15)16/h4-6,9H,3H2,1-2H3,(H2,12,14)(H2,13,15,16). The summed E-state index contributed by atoms with van der Waals surface area (Å²) >= 11 is 0. The molecule has 7 heteroatoms. The minimum absolute atomic E-state index is 0.0296. The Morgan fingerprint density at radius 3 is 2.44 bits per heavy atom. The summed E-state index contributed by atoms with van der Waals surface area (Å²) in [7, 11) is -3.75. The molecule has 1 atom stereocenters. The normalized spacial score (nSPS) is 13.1. The van der Waals surface area contributed by atoms with Gasteiger partial charge in [-0.1, -0.05) is 6.92 Å². The molecule has 0 aliphatic heterocycles. The molecule has 0 spiro atoms. The number of benzene rings is 1. The van der Waals surface area contributed by atoms with Crippen LogP contribution >= 0.6 is 0 Å². The average molecular weight is 272 g/mol. The molecule has 0 aromatic heterocycles. The van der Waals surface area contributed by atoms with Crippen molar-refractivity contribution >= 4 is 15.9 Å². The molecule has 0 bridgehead atoms.